The van der Waals surface area contributed by atoms with Gasteiger partial charge in [0.1, 0.15) is 11.7 Å². The van der Waals surface area contributed by atoms with Crippen LogP contribution in [0.15, 0.2) is 70.1 Å². The number of rotatable bonds is 3. The van der Waals surface area contributed by atoms with E-state index in [2.05, 4.69) is 32.1 Å². The van der Waals surface area contributed by atoms with Gasteiger partial charge in [-0.15, -0.1) is 0 Å². The topological polar surface area (TPSA) is 76.5 Å². The molecule has 0 spiro atoms. The van der Waals surface area contributed by atoms with E-state index in [9.17, 15) is 10.1 Å². The van der Waals surface area contributed by atoms with Crippen LogP contribution in [0.3, 0.4) is 0 Å². The Morgan fingerprint density at radius 2 is 1.81 bits per heavy atom. The first-order chi connectivity index (χ1) is 13.1. The summed E-state index contributed by atoms with van der Waals surface area (Å²) in [4.78, 5) is 17.4. The summed E-state index contributed by atoms with van der Waals surface area (Å²) < 4.78 is 3.48. The van der Waals surface area contributed by atoms with Crippen molar-refractivity contribution in [1.29, 1.82) is 5.26 Å². The lowest BCUT2D eigenvalue weighted by atomic mass is 10.0. The van der Waals surface area contributed by atoms with Crippen molar-refractivity contribution in [1.82, 2.24) is 19.3 Å². The molecule has 0 radical (unpaired) electrons. The highest BCUT2D eigenvalue weighted by Gasteiger charge is 2.25. The molecule has 0 amide bonds. The molecular weight excluding hydrogens is 406 g/mol. The number of hydrogen-bond acceptors (Lipinski definition) is 4. The second kappa shape index (κ2) is 6.82. The minimum Gasteiger partial charge on any atom is -0.330 e. The van der Waals surface area contributed by atoms with E-state index in [1.807, 2.05) is 54.1 Å². The van der Waals surface area contributed by atoms with E-state index in [1.54, 1.807) is 18.3 Å². The van der Waals surface area contributed by atoms with Crippen molar-refractivity contribution in [2.45, 2.75) is 5.92 Å². The SMILES string of the molecule is Cn1c([C@@H](C#N)c2cnn(-c3ccccc3)c(=O)c2Br)nc2ccccc21. The van der Waals surface area contributed by atoms with Crippen LogP contribution in [0.1, 0.15) is 17.3 Å². The first kappa shape index (κ1) is 17.2. The maximum Gasteiger partial charge on any atom is 0.286 e. The second-order valence-corrected chi connectivity index (χ2v) is 6.84. The Hall–Kier alpha value is -3.24. The Bertz CT molecular complexity index is 1240. The molecule has 4 rings (SSSR count). The number of fused-ring (bicyclic) bond motifs is 1. The van der Waals surface area contributed by atoms with Crippen molar-refractivity contribution >= 4 is 27.0 Å². The molecule has 0 N–H and O–H groups in total. The third-order valence-corrected chi connectivity index (χ3v) is 5.26. The van der Waals surface area contributed by atoms with Gasteiger partial charge < -0.3 is 4.57 Å². The molecule has 132 valence electrons. The number of aryl methyl sites for hydroxylation is 1. The number of halogens is 1. The molecule has 4 aromatic rings. The number of imidazole rings is 1. The number of nitriles is 1. The molecule has 1 atom stereocenters. The van der Waals surface area contributed by atoms with Crippen molar-refractivity contribution in [2.24, 2.45) is 7.05 Å². The van der Waals surface area contributed by atoms with Crippen LogP contribution >= 0.6 is 15.9 Å². The van der Waals surface area contributed by atoms with Gasteiger partial charge in [0.2, 0.25) is 0 Å². The largest absolute Gasteiger partial charge is 0.330 e. The summed E-state index contributed by atoms with van der Waals surface area (Å²) in [6.07, 6.45) is 1.55. The van der Waals surface area contributed by atoms with E-state index in [0.717, 1.165) is 11.0 Å². The maximum absolute atomic E-state index is 12.8. The molecule has 2 aromatic carbocycles. The summed E-state index contributed by atoms with van der Waals surface area (Å²) in [5.41, 5.74) is 2.56. The molecule has 2 heterocycles. The summed E-state index contributed by atoms with van der Waals surface area (Å²) in [6.45, 7) is 0. The number of benzene rings is 2. The predicted molar refractivity (Wildman–Crippen MR) is 106 cm³/mol. The fourth-order valence-electron chi connectivity index (χ4n) is 3.09. The van der Waals surface area contributed by atoms with Gasteiger partial charge in [-0.3, -0.25) is 4.79 Å². The molecule has 0 bridgehead atoms. The average molecular weight is 420 g/mol. The molecule has 0 saturated carbocycles. The van der Waals surface area contributed by atoms with Gasteiger partial charge in [-0.25, -0.2) is 4.98 Å². The molecule has 0 saturated heterocycles. The fourth-order valence-corrected chi connectivity index (χ4v) is 3.59. The quantitative estimate of drug-likeness (QED) is 0.508. The fraction of sp³-hybridized carbons (Fsp3) is 0.100. The van der Waals surface area contributed by atoms with E-state index in [-0.39, 0.29) is 5.56 Å². The minimum absolute atomic E-state index is 0.306. The Morgan fingerprint density at radius 1 is 1.11 bits per heavy atom. The third-order valence-electron chi connectivity index (χ3n) is 4.47. The molecule has 0 fully saturated rings. The lowest BCUT2D eigenvalue weighted by Gasteiger charge is -2.13. The molecular formula is C20H14BrN5O. The summed E-state index contributed by atoms with van der Waals surface area (Å²) in [7, 11) is 1.86. The van der Waals surface area contributed by atoms with E-state index in [0.29, 0.717) is 21.5 Å². The van der Waals surface area contributed by atoms with Crippen molar-refractivity contribution in [3.05, 3.63) is 87.0 Å². The van der Waals surface area contributed by atoms with Crippen LogP contribution in [-0.4, -0.2) is 19.3 Å². The number of nitrogens with zero attached hydrogens (tertiary/aromatic N) is 5. The molecule has 0 aliphatic heterocycles. The lowest BCUT2D eigenvalue weighted by Crippen LogP contribution is -2.24. The zero-order valence-corrected chi connectivity index (χ0v) is 16.0. The van der Waals surface area contributed by atoms with Crippen LogP contribution in [-0.2, 0) is 7.05 Å². The van der Waals surface area contributed by atoms with Gasteiger partial charge in [0, 0.05) is 12.6 Å². The zero-order chi connectivity index (χ0) is 19.0. The molecule has 0 aliphatic rings. The van der Waals surface area contributed by atoms with E-state index >= 15 is 0 Å². The average Bonchev–Trinajstić information content (AvgIpc) is 3.03. The summed E-state index contributed by atoms with van der Waals surface area (Å²) in [6, 6.07) is 19.1. The Labute approximate surface area is 163 Å². The molecule has 6 nitrogen and oxygen atoms in total. The summed E-state index contributed by atoms with van der Waals surface area (Å²) in [5.74, 6) is -0.152. The van der Waals surface area contributed by atoms with Crippen LogP contribution in [0.2, 0.25) is 0 Å². The van der Waals surface area contributed by atoms with Gasteiger partial charge in [0.05, 0.1) is 33.5 Å². The molecule has 2 aromatic heterocycles. The maximum atomic E-state index is 12.8. The van der Waals surface area contributed by atoms with Gasteiger partial charge >= 0.3 is 0 Å². The standard InChI is InChI=1S/C20H14BrN5O/c1-25-17-10-6-5-9-16(17)24-19(25)14(11-22)15-12-23-26(20(27)18(15)21)13-7-3-2-4-8-13/h2-10,12,14H,1H3/t14-/m0/s1. The highest BCUT2D eigenvalue weighted by molar-refractivity contribution is 9.10. The second-order valence-electron chi connectivity index (χ2n) is 6.05. The number of para-hydroxylation sites is 3. The van der Waals surface area contributed by atoms with Crippen LogP contribution in [0.4, 0.5) is 0 Å². The minimum atomic E-state index is -0.720. The van der Waals surface area contributed by atoms with E-state index < -0.39 is 5.92 Å². The zero-order valence-electron chi connectivity index (χ0n) is 14.4. The lowest BCUT2D eigenvalue weighted by molar-refractivity contribution is 0.754. The molecule has 27 heavy (non-hydrogen) atoms. The summed E-state index contributed by atoms with van der Waals surface area (Å²) in [5, 5.41) is 14.1. The van der Waals surface area contributed by atoms with Crippen molar-refractivity contribution in [2.75, 3.05) is 0 Å². The Kier molecular flexibility index (Phi) is 4.34. The Balaban J connectivity index is 1.86. The Morgan fingerprint density at radius 3 is 2.52 bits per heavy atom. The monoisotopic (exact) mass is 419 g/mol. The first-order valence-electron chi connectivity index (χ1n) is 8.26. The molecule has 7 heteroatoms. The van der Waals surface area contributed by atoms with Crippen LogP contribution in [0.25, 0.3) is 16.7 Å². The van der Waals surface area contributed by atoms with Gasteiger partial charge in [0.15, 0.2) is 0 Å². The normalized spacial score (nSPS) is 12.0. The van der Waals surface area contributed by atoms with Gasteiger partial charge in [-0.1, -0.05) is 30.3 Å². The third kappa shape index (κ3) is 2.84. The number of hydrogen-bond donors (Lipinski definition) is 0. The van der Waals surface area contributed by atoms with Crippen LogP contribution in [0.5, 0.6) is 0 Å². The van der Waals surface area contributed by atoms with Crippen LogP contribution in [0, 0.1) is 11.3 Å². The highest BCUT2D eigenvalue weighted by atomic mass is 79.9. The van der Waals surface area contributed by atoms with E-state index in [1.165, 1.54) is 4.68 Å². The van der Waals surface area contributed by atoms with Crippen molar-refractivity contribution < 1.29 is 0 Å². The van der Waals surface area contributed by atoms with Gasteiger partial charge in [-0.05, 0) is 40.2 Å². The predicted octanol–water partition coefficient (Wildman–Crippen LogP) is 3.54. The van der Waals surface area contributed by atoms with Crippen molar-refractivity contribution in [3.8, 4) is 11.8 Å². The first-order valence-corrected chi connectivity index (χ1v) is 9.05. The van der Waals surface area contributed by atoms with Crippen LogP contribution < -0.4 is 5.56 Å². The van der Waals surface area contributed by atoms with Crippen molar-refractivity contribution in [3.63, 3.8) is 0 Å². The smallest absolute Gasteiger partial charge is 0.286 e. The van der Waals surface area contributed by atoms with E-state index in [4.69, 9.17) is 0 Å². The number of aromatic nitrogens is 4. The van der Waals surface area contributed by atoms with Gasteiger partial charge in [-0.2, -0.15) is 15.0 Å². The molecule has 0 aliphatic carbocycles. The summed E-state index contributed by atoms with van der Waals surface area (Å²) >= 11 is 3.37. The highest BCUT2D eigenvalue weighted by Crippen LogP contribution is 2.29. The molecule has 0 unspecified atom stereocenters. The van der Waals surface area contributed by atoms with Gasteiger partial charge in [0.25, 0.3) is 5.56 Å².